The molecule has 154 valence electrons. The van der Waals surface area contributed by atoms with Crippen molar-refractivity contribution in [1.29, 1.82) is 0 Å². The van der Waals surface area contributed by atoms with E-state index in [0.29, 0.717) is 41.2 Å². The van der Waals surface area contributed by atoms with Crippen molar-refractivity contribution in [3.8, 4) is 0 Å². The average molecular weight is 434 g/mol. The first kappa shape index (κ1) is 19.2. The van der Waals surface area contributed by atoms with Crippen LogP contribution >= 0.6 is 23.1 Å². The van der Waals surface area contributed by atoms with E-state index < -0.39 is 0 Å². The molecular weight excluding hydrogens is 410 g/mol. The molecule has 0 radical (unpaired) electrons. The lowest BCUT2D eigenvalue weighted by atomic mass is 10.1. The molecule has 0 spiro atoms. The number of fused-ring (bicyclic) bond motifs is 2. The molecule has 1 amide bonds. The van der Waals surface area contributed by atoms with E-state index in [-0.39, 0.29) is 5.91 Å². The number of aromatic nitrogens is 3. The molecule has 0 saturated carbocycles. The van der Waals surface area contributed by atoms with E-state index >= 15 is 0 Å². The predicted molar refractivity (Wildman–Crippen MR) is 112 cm³/mol. The van der Waals surface area contributed by atoms with Gasteiger partial charge >= 0.3 is 0 Å². The van der Waals surface area contributed by atoms with Crippen LogP contribution in [0.2, 0.25) is 0 Å². The summed E-state index contributed by atoms with van der Waals surface area (Å²) in [6, 6.07) is 2.65. The van der Waals surface area contributed by atoms with Crippen LogP contribution in [0.5, 0.6) is 0 Å². The van der Waals surface area contributed by atoms with E-state index in [2.05, 4.69) is 25.4 Å². The van der Waals surface area contributed by atoms with Gasteiger partial charge in [0.25, 0.3) is 5.91 Å². The number of morpholine rings is 1. The molecule has 0 aliphatic carbocycles. The second-order valence-corrected chi connectivity index (χ2v) is 10.1. The fraction of sp³-hybridized carbons (Fsp3) is 0.579. The number of nitrogens with one attached hydrogen (secondary N) is 1. The number of ether oxygens (including phenoxy) is 2. The Labute approximate surface area is 177 Å². The smallest absolute Gasteiger partial charge is 0.261 e. The molecule has 2 bridgehead atoms. The van der Waals surface area contributed by atoms with Crippen molar-refractivity contribution in [3.05, 3.63) is 23.5 Å². The van der Waals surface area contributed by atoms with Gasteiger partial charge in [-0.25, -0.2) is 0 Å². The number of carbonyl (C=O) groups is 1. The molecule has 5 rings (SSSR count). The molecule has 3 atom stereocenters. The third kappa shape index (κ3) is 3.98. The second kappa shape index (κ2) is 8.17. The number of aryl methyl sites for hydroxylation is 1. The van der Waals surface area contributed by atoms with Gasteiger partial charge in [-0.05, 0) is 32.3 Å². The summed E-state index contributed by atoms with van der Waals surface area (Å²) in [6.45, 7) is 4.91. The van der Waals surface area contributed by atoms with Gasteiger partial charge in [0.05, 0.1) is 43.2 Å². The summed E-state index contributed by atoms with van der Waals surface area (Å²) in [5.41, 5.74) is 2.41. The first-order valence-electron chi connectivity index (χ1n) is 9.89. The van der Waals surface area contributed by atoms with Gasteiger partial charge in [0.2, 0.25) is 5.13 Å². The summed E-state index contributed by atoms with van der Waals surface area (Å²) in [5, 5.41) is 12.2. The molecule has 2 aromatic rings. The minimum absolute atomic E-state index is 0.199. The summed E-state index contributed by atoms with van der Waals surface area (Å²) < 4.78 is 12.0. The molecule has 3 aliphatic rings. The molecule has 8 nitrogen and oxygen atoms in total. The Bertz CT molecular complexity index is 886. The number of hydrogen-bond donors (Lipinski definition) is 1. The zero-order valence-electron chi connectivity index (χ0n) is 16.2. The van der Waals surface area contributed by atoms with Crippen molar-refractivity contribution in [2.24, 2.45) is 0 Å². The molecule has 3 fully saturated rings. The zero-order valence-corrected chi connectivity index (χ0v) is 17.8. The van der Waals surface area contributed by atoms with Crippen LogP contribution in [0, 0.1) is 6.92 Å². The van der Waals surface area contributed by atoms with Gasteiger partial charge in [0, 0.05) is 23.7 Å². The van der Waals surface area contributed by atoms with Crippen molar-refractivity contribution >= 4 is 39.8 Å². The van der Waals surface area contributed by atoms with Crippen molar-refractivity contribution in [3.63, 3.8) is 0 Å². The molecule has 1 N–H and O–H groups in total. The topological polar surface area (TPSA) is 89.5 Å². The maximum absolute atomic E-state index is 13.1. The van der Waals surface area contributed by atoms with Crippen molar-refractivity contribution in [2.45, 2.75) is 47.9 Å². The molecule has 3 aliphatic heterocycles. The average Bonchev–Trinajstić information content (AvgIpc) is 3.43. The summed E-state index contributed by atoms with van der Waals surface area (Å²) in [7, 11) is 0. The third-order valence-electron chi connectivity index (χ3n) is 5.56. The fourth-order valence-corrected chi connectivity index (χ4v) is 6.24. The van der Waals surface area contributed by atoms with Gasteiger partial charge < -0.3 is 14.4 Å². The number of thioether (sulfide) groups is 1. The molecule has 0 aromatic carbocycles. The summed E-state index contributed by atoms with van der Waals surface area (Å²) in [5.74, 6) is -0.199. The number of nitrogens with zero attached hydrogens (tertiary/aromatic N) is 4. The highest BCUT2D eigenvalue weighted by Crippen LogP contribution is 2.37. The van der Waals surface area contributed by atoms with Crippen molar-refractivity contribution in [2.75, 3.05) is 36.6 Å². The summed E-state index contributed by atoms with van der Waals surface area (Å²) >= 11 is 3.07. The maximum atomic E-state index is 13.1. The van der Waals surface area contributed by atoms with Crippen LogP contribution < -0.4 is 10.2 Å². The first-order chi connectivity index (χ1) is 14.2. The summed E-state index contributed by atoms with van der Waals surface area (Å²) in [6.07, 6.45) is 4.87. The van der Waals surface area contributed by atoms with Crippen LogP contribution in [0.1, 0.15) is 35.3 Å². The summed E-state index contributed by atoms with van der Waals surface area (Å²) in [4.78, 5) is 19.8. The van der Waals surface area contributed by atoms with Gasteiger partial charge in [-0.2, -0.15) is 0 Å². The highest BCUT2D eigenvalue weighted by molar-refractivity contribution is 8.01. The van der Waals surface area contributed by atoms with Crippen LogP contribution in [0.15, 0.2) is 16.6 Å². The van der Waals surface area contributed by atoms with E-state index in [1.807, 2.05) is 13.0 Å². The molecule has 3 unspecified atom stereocenters. The normalized spacial score (nSPS) is 26.1. The molecule has 3 saturated heterocycles. The number of amides is 1. The Morgan fingerprint density at radius 1 is 1.21 bits per heavy atom. The number of rotatable bonds is 5. The molecule has 2 aromatic heterocycles. The number of hydrogen-bond acceptors (Lipinski definition) is 9. The molecular formula is C19H23N5O3S2. The van der Waals surface area contributed by atoms with Gasteiger partial charge in [0.1, 0.15) is 0 Å². The lowest BCUT2D eigenvalue weighted by Crippen LogP contribution is -2.46. The standard InChI is InChI=1S/C19H23N5O3S2/c1-11-6-16(24-12-2-3-13(24)9-27-8-12)15(7-20-11)17(25)21-18-22-23-19(29-18)28-14-4-5-26-10-14/h6-7,12-14H,2-5,8-10H2,1H3,(H,21,22,25). The number of anilines is 2. The Balaban J connectivity index is 1.34. The second-order valence-electron chi connectivity index (χ2n) is 7.60. The lowest BCUT2D eigenvalue weighted by molar-refractivity contribution is 0.0901. The minimum atomic E-state index is -0.199. The Hall–Kier alpha value is -1.75. The van der Waals surface area contributed by atoms with Crippen LogP contribution in [-0.4, -0.2) is 64.8 Å². The minimum Gasteiger partial charge on any atom is -0.380 e. The fourth-order valence-electron chi connectivity index (χ4n) is 4.18. The van der Waals surface area contributed by atoms with Crippen LogP contribution in [0.4, 0.5) is 10.8 Å². The predicted octanol–water partition coefficient (Wildman–Crippen LogP) is 2.74. The van der Waals surface area contributed by atoms with E-state index in [4.69, 9.17) is 9.47 Å². The van der Waals surface area contributed by atoms with Gasteiger partial charge in [-0.1, -0.05) is 23.1 Å². The lowest BCUT2D eigenvalue weighted by Gasteiger charge is -2.37. The molecule has 5 heterocycles. The first-order valence-corrected chi connectivity index (χ1v) is 11.6. The SMILES string of the molecule is Cc1cc(N2C3CCC2COC3)c(C(=O)Nc2nnc(SC3CCOC3)s2)cn1. The van der Waals surface area contributed by atoms with Gasteiger partial charge in [-0.15, -0.1) is 10.2 Å². The van der Waals surface area contributed by atoms with Crippen LogP contribution in [-0.2, 0) is 9.47 Å². The highest BCUT2D eigenvalue weighted by atomic mass is 32.2. The Kier molecular flexibility index (Phi) is 5.42. The largest absolute Gasteiger partial charge is 0.380 e. The van der Waals surface area contributed by atoms with Gasteiger partial charge in [0.15, 0.2) is 4.34 Å². The highest BCUT2D eigenvalue weighted by Gasteiger charge is 2.39. The van der Waals surface area contributed by atoms with Crippen LogP contribution in [0.25, 0.3) is 0 Å². The quantitative estimate of drug-likeness (QED) is 0.720. The van der Waals surface area contributed by atoms with Crippen molar-refractivity contribution < 1.29 is 14.3 Å². The zero-order chi connectivity index (χ0) is 19.8. The van der Waals surface area contributed by atoms with Crippen LogP contribution in [0.3, 0.4) is 0 Å². The Morgan fingerprint density at radius 2 is 2.03 bits per heavy atom. The van der Waals surface area contributed by atoms with E-state index in [1.165, 1.54) is 11.3 Å². The number of pyridine rings is 1. The molecule has 10 heteroatoms. The van der Waals surface area contributed by atoms with Gasteiger partial charge in [-0.3, -0.25) is 15.1 Å². The maximum Gasteiger partial charge on any atom is 0.261 e. The Morgan fingerprint density at radius 3 is 2.79 bits per heavy atom. The monoisotopic (exact) mass is 433 g/mol. The van der Waals surface area contributed by atoms with E-state index in [1.54, 1.807) is 18.0 Å². The van der Waals surface area contributed by atoms with E-state index in [9.17, 15) is 4.79 Å². The third-order valence-corrected chi connectivity index (χ3v) is 7.72. The van der Waals surface area contributed by atoms with Crippen molar-refractivity contribution in [1.82, 2.24) is 15.2 Å². The van der Waals surface area contributed by atoms with E-state index in [0.717, 1.165) is 48.2 Å². The number of carbonyl (C=O) groups excluding carboxylic acids is 1. The molecule has 29 heavy (non-hydrogen) atoms.